The molecular formula is C15H21NO2. The molecule has 0 aliphatic heterocycles. The normalized spacial score (nSPS) is 17.6. The topological polar surface area (TPSA) is 39.2 Å². The fraction of sp³-hybridized carbons (Fsp3) is 0.600. The van der Waals surface area contributed by atoms with E-state index in [2.05, 4.69) is 13.8 Å². The molecule has 1 heterocycles. The van der Waals surface area contributed by atoms with Crippen LogP contribution >= 0.6 is 0 Å². The summed E-state index contributed by atoms with van der Waals surface area (Å²) in [5.74, 6) is 0.294. The highest BCUT2D eigenvalue weighted by Crippen LogP contribution is 2.32. The van der Waals surface area contributed by atoms with Gasteiger partial charge in [0.15, 0.2) is 0 Å². The van der Waals surface area contributed by atoms with Crippen molar-refractivity contribution in [2.24, 2.45) is 0 Å². The number of carbonyl (C=O) groups is 1. The Morgan fingerprint density at radius 3 is 2.94 bits per heavy atom. The molecule has 1 unspecified atom stereocenters. The molecule has 0 saturated carbocycles. The summed E-state index contributed by atoms with van der Waals surface area (Å²) in [6, 6.07) is 2.01. The van der Waals surface area contributed by atoms with Gasteiger partial charge in [0.25, 0.3) is 0 Å². The molecule has 0 saturated heterocycles. The van der Waals surface area contributed by atoms with Gasteiger partial charge in [-0.25, -0.2) is 4.79 Å². The smallest absolute Gasteiger partial charge is 0.339 e. The summed E-state index contributed by atoms with van der Waals surface area (Å²) in [6.07, 6.45) is 4.00. The number of ether oxygens (including phenoxy) is 1. The molecule has 3 nitrogen and oxygen atoms in total. The summed E-state index contributed by atoms with van der Waals surface area (Å²) < 4.78 is 5.12. The number of pyridine rings is 1. The van der Waals surface area contributed by atoms with E-state index in [0.29, 0.717) is 18.1 Å². The Labute approximate surface area is 109 Å². The van der Waals surface area contributed by atoms with E-state index >= 15 is 0 Å². The Morgan fingerprint density at radius 2 is 2.28 bits per heavy atom. The van der Waals surface area contributed by atoms with Gasteiger partial charge in [-0.15, -0.1) is 0 Å². The fourth-order valence-electron chi connectivity index (χ4n) is 2.56. The van der Waals surface area contributed by atoms with Gasteiger partial charge in [-0.1, -0.05) is 20.3 Å². The number of hydrogen-bond donors (Lipinski definition) is 0. The first-order valence-corrected chi connectivity index (χ1v) is 6.87. The standard InChI is InChI=1S/C15H21NO2/c1-4-6-13-12(15(17)18-5-2)9-11-8-7-10(3)14(11)16-13/h9-10H,4-8H2,1-3H3. The average molecular weight is 247 g/mol. The number of carbonyl (C=O) groups excluding carboxylic acids is 1. The third-order valence-electron chi connectivity index (χ3n) is 3.51. The van der Waals surface area contributed by atoms with E-state index in [0.717, 1.165) is 31.4 Å². The third kappa shape index (κ3) is 2.40. The molecule has 1 aromatic heterocycles. The summed E-state index contributed by atoms with van der Waals surface area (Å²) >= 11 is 0. The first-order chi connectivity index (χ1) is 8.67. The summed E-state index contributed by atoms with van der Waals surface area (Å²) in [5.41, 5.74) is 3.99. The molecule has 98 valence electrons. The fourth-order valence-corrected chi connectivity index (χ4v) is 2.56. The lowest BCUT2D eigenvalue weighted by atomic mass is 10.0. The molecule has 3 heteroatoms. The highest BCUT2D eigenvalue weighted by Gasteiger charge is 2.24. The monoisotopic (exact) mass is 247 g/mol. The highest BCUT2D eigenvalue weighted by molar-refractivity contribution is 5.91. The molecule has 18 heavy (non-hydrogen) atoms. The molecular weight excluding hydrogens is 226 g/mol. The second kappa shape index (κ2) is 5.51. The minimum absolute atomic E-state index is 0.226. The Morgan fingerprint density at radius 1 is 1.50 bits per heavy atom. The molecule has 0 aromatic carbocycles. The van der Waals surface area contributed by atoms with Gasteiger partial charge in [-0.2, -0.15) is 0 Å². The van der Waals surface area contributed by atoms with Crippen LogP contribution in [0.5, 0.6) is 0 Å². The SMILES string of the molecule is CCCc1nc2c(cc1C(=O)OCC)CCC2C. The minimum Gasteiger partial charge on any atom is -0.462 e. The summed E-state index contributed by atoms with van der Waals surface area (Å²) in [4.78, 5) is 16.7. The lowest BCUT2D eigenvalue weighted by Crippen LogP contribution is -2.12. The van der Waals surface area contributed by atoms with Crippen LogP contribution in [-0.2, 0) is 17.6 Å². The van der Waals surface area contributed by atoms with Crippen molar-refractivity contribution in [3.05, 3.63) is 28.6 Å². The minimum atomic E-state index is -0.226. The number of fused-ring (bicyclic) bond motifs is 1. The number of nitrogens with zero attached hydrogens (tertiary/aromatic N) is 1. The van der Waals surface area contributed by atoms with Crippen molar-refractivity contribution >= 4 is 5.97 Å². The average Bonchev–Trinajstić information content (AvgIpc) is 2.71. The van der Waals surface area contributed by atoms with Crippen molar-refractivity contribution in [1.82, 2.24) is 4.98 Å². The van der Waals surface area contributed by atoms with Crippen LogP contribution in [0, 0.1) is 0 Å². The Kier molecular flexibility index (Phi) is 4.00. The molecule has 0 N–H and O–H groups in total. The van der Waals surface area contributed by atoms with Gasteiger partial charge in [0, 0.05) is 5.69 Å². The largest absolute Gasteiger partial charge is 0.462 e. The number of hydrogen-bond acceptors (Lipinski definition) is 3. The molecule has 0 amide bonds. The maximum Gasteiger partial charge on any atom is 0.339 e. The second-order valence-electron chi connectivity index (χ2n) is 4.94. The van der Waals surface area contributed by atoms with Crippen LogP contribution in [0.3, 0.4) is 0 Å². The predicted octanol–water partition coefficient (Wildman–Crippen LogP) is 3.26. The lowest BCUT2D eigenvalue weighted by molar-refractivity contribution is 0.0524. The summed E-state index contributed by atoms with van der Waals surface area (Å²) in [7, 11) is 0. The van der Waals surface area contributed by atoms with Crippen LogP contribution in [0.4, 0.5) is 0 Å². The van der Waals surface area contributed by atoms with Gasteiger partial charge in [-0.05, 0) is 43.7 Å². The van der Waals surface area contributed by atoms with Crippen LogP contribution in [0.25, 0.3) is 0 Å². The maximum atomic E-state index is 12.0. The zero-order valence-electron chi connectivity index (χ0n) is 11.5. The summed E-state index contributed by atoms with van der Waals surface area (Å²) in [5, 5.41) is 0. The van der Waals surface area contributed by atoms with Crippen LogP contribution in [0.1, 0.15) is 66.8 Å². The first kappa shape index (κ1) is 13.1. The predicted molar refractivity (Wildman–Crippen MR) is 70.9 cm³/mol. The zero-order valence-corrected chi connectivity index (χ0v) is 11.5. The van der Waals surface area contributed by atoms with Gasteiger partial charge in [0.2, 0.25) is 0 Å². The molecule has 1 aliphatic rings. The molecule has 0 spiro atoms. The van der Waals surface area contributed by atoms with E-state index < -0.39 is 0 Å². The van der Waals surface area contributed by atoms with Crippen molar-refractivity contribution < 1.29 is 9.53 Å². The van der Waals surface area contributed by atoms with E-state index in [9.17, 15) is 4.79 Å². The molecule has 1 aliphatic carbocycles. The Bertz CT molecular complexity index is 454. The quantitative estimate of drug-likeness (QED) is 0.767. The number of aromatic nitrogens is 1. The third-order valence-corrected chi connectivity index (χ3v) is 3.51. The second-order valence-corrected chi connectivity index (χ2v) is 4.94. The Hall–Kier alpha value is -1.38. The zero-order chi connectivity index (χ0) is 13.1. The maximum absolute atomic E-state index is 12.0. The van der Waals surface area contributed by atoms with Gasteiger partial charge in [0.05, 0.1) is 17.9 Å². The van der Waals surface area contributed by atoms with Crippen LogP contribution in [0.2, 0.25) is 0 Å². The van der Waals surface area contributed by atoms with E-state index in [1.165, 1.54) is 11.3 Å². The van der Waals surface area contributed by atoms with Crippen LogP contribution in [0.15, 0.2) is 6.07 Å². The van der Waals surface area contributed by atoms with Crippen molar-refractivity contribution in [2.75, 3.05) is 6.61 Å². The van der Waals surface area contributed by atoms with Crippen LogP contribution < -0.4 is 0 Å². The molecule has 1 aromatic rings. The number of aryl methyl sites for hydroxylation is 2. The summed E-state index contributed by atoms with van der Waals surface area (Å²) in [6.45, 7) is 6.56. The number of rotatable bonds is 4. The van der Waals surface area contributed by atoms with Gasteiger partial charge < -0.3 is 4.74 Å². The molecule has 0 fully saturated rings. The molecule has 0 radical (unpaired) electrons. The van der Waals surface area contributed by atoms with E-state index in [1.807, 2.05) is 13.0 Å². The van der Waals surface area contributed by atoms with Crippen molar-refractivity contribution in [3.8, 4) is 0 Å². The van der Waals surface area contributed by atoms with Crippen LogP contribution in [-0.4, -0.2) is 17.6 Å². The molecule has 0 bridgehead atoms. The highest BCUT2D eigenvalue weighted by atomic mass is 16.5. The van der Waals surface area contributed by atoms with Crippen molar-refractivity contribution in [2.45, 2.75) is 52.4 Å². The van der Waals surface area contributed by atoms with Gasteiger partial charge in [-0.3, -0.25) is 4.98 Å². The van der Waals surface area contributed by atoms with Gasteiger partial charge in [0.1, 0.15) is 0 Å². The van der Waals surface area contributed by atoms with Crippen molar-refractivity contribution in [1.29, 1.82) is 0 Å². The first-order valence-electron chi connectivity index (χ1n) is 6.87. The Balaban J connectivity index is 2.41. The number of esters is 1. The van der Waals surface area contributed by atoms with Crippen molar-refractivity contribution in [3.63, 3.8) is 0 Å². The molecule has 2 rings (SSSR count). The van der Waals surface area contributed by atoms with Gasteiger partial charge >= 0.3 is 5.97 Å². The van der Waals surface area contributed by atoms with E-state index in [1.54, 1.807) is 0 Å². The lowest BCUT2D eigenvalue weighted by Gasteiger charge is -2.11. The molecule has 1 atom stereocenters. The van der Waals surface area contributed by atoms with E-state index in [4.69, 9.17) is 9.72 Å². The van der Waals surface area contributed by atoms with E-state index in [-0.39, 0.29) is 5.97 Å².